The highest BCUT2D eigenvalue weighted by Gasteiger charge is 2.12. The zero-order valence-electron chi connectivity index (χ0n) is 8.21. The van der Waals surface area contributed by atoms with Crippen LogP contribution in [0, 0.1) is 0 Å². The topological polar surface area (TPSA) is 0 Å². The minimum atomic E-state index is -0.472. The van der Waals surface area contributed by atoms with Crippen LogP contribution < -0.4 is 0 Å². The molecule has 0 saturated heterocycles. The summed E-state index contributed by atoms with van der Waals surface area (Å²) in [6, 6.07) is 10.1. The number of hydrogen-bond donors (Lipinski definition) is 0. The molecule has 0 saturated carbocycles. The maximum Gasteiger partial charge on any atom is 0.0901 e. The lowest BCUT2D eigenvalue weighted by atomic mass is 10.1. The van der Waals surface area contributed by atoms with Crippen LogP contribution >= 0.6 is 32.0 Å². The molecule has 15 heavy (non-hydrogen) atoms. The lowest BCUT2D eigenvalue weighted by Crippen LogP contribution is -1.96. The van der Waals surface area contributed by atoms with Crippen LogP contribution in [0.3, 0.4) is 0 Å². The van der Waals surface area contributed by atoms with E-state index in [1.54, 1.807) is 0 Å². The number of benzene rings is 1. The zero-order valence-corrected chi connectivity index (χ0v) is 10.5. The summed E-state index contributed by atoms with van der Waals surface area (Å²) in [5.41, 5.74) is 3.32. The molecule has 0 bridgehead atoms. The second-order valence-corrected chi connectivity index (χ2v) is 6.16. The van der Waals surface area contributed by atoms with Crippen molar-refractivity contribution in [2.75, 3.05) is 0 Å². The molecule has 1 aromatic carbocycles. The van der Waals surface area contributed by atoms with Gasteiger partial charge in [-0.05, 0) is 40.2 Å². The molecule has 0 aliphatic carbocycles. The summed E-state index contributed by atoms with van der Waals surface area (Å²) >= 11 is 6.22. The van der Waals surface area contributed by atoms with Crippen LogP contribution in [0.25, 0.3) is 5.57 Å². The SMILES string of the molecule is CC1=CS(Cl)=C(Cl)C(c2ccccc2)=C1. The first-order valence-electron chi connectivity index (χ1n) is 4.56. The molecule has 1 aromatic rings. The Morgan fingerprint density at radius 3 is 2.47 bits per heavy atom. The molecular formula is C12H10Cl2S. The number of allylic oxidation sites excluding steroid dienone is 3. The van der Waals surface area contributed by atoms with Crippen LogP contribution in [0.5, 0.6) is 0 Å². The van der Waals surface area contributed by atoms with E-state index >= 15 is 0 Å². The van der Waals surface area contributed by atoms with Crippen LogP contribution in [0.4, 0.5) is 0 Å². The zero-order chi connectivity index (χ0) is 10.8. The second kappa shape index (κ2) is 4.56. The van der Waals surface area contributed by atoms with Gasteiger partial charge in [-0.2, -0.15) is 0 Å². The lowest BCUT2D eigenvalue weighted by Gasteiger charge is -2.13. The van der Waals surface area contributed by atoms with Gasteiger partial charge in [-0.15, -0.1) is 0 Å². The van der Waals surface area contributed by atoms with Crippen LogP contribution in [0.15, 0.2) is 47.4 Å². The maximum absolute atomic E-state index is 6.22. The summed E-state index contributed by atoms with van der Waals surface area (Å²) in [5, 5.41) is 1.98. The van der Waals surface area contributed by atoms with Crippen molar-refractivity contribution >= 4 is 41.9 Å². The summed E-state index contributed by atoms with van der Waals surface area (Å²) < 4.78 is 0.730. The van der Waals surface area contributed by atoms with Crippen molar-refractivity contribution in [2.24, 2.45) is 0 Å². The van der Waals surface area contributed by atoms with Crippen molar-refractivity contribution in [3.8, 4) is 0 Å². The summed E-state index contributed by atoms with van der Waals surface area (Å²) in [6.45, 7) is 2.04. The monoisotopic (exact) mass is 256 g/mol. The second-order valence-electron chi connectivity index (χ2n) is 3.34. The van der Waals surface area contributed by atoms with Gasteiger partial charge in [0.1, 0.15) is 0 Å². The van der Waals surface area contributed by atoms with Gasteiger partial charge in [0.25, 0.3) is 0 Å². The molecule has 0 radical (unpaired) electrons. The Morgan fingerprint density at radius 1 is 1.13 bits per heavy atom. The first-order valence-corrected chi connectivity index (χ1v) is 7.05. The van der Waals surface area contributed by atoms with E-state index in [4.69, 9.17) is 22.3 Å². The Hall–Kier alpha value is -0.500. The third kappa shape index (κ3) is 2.36. The lowest BCUT2D eigenvalue weighted by molar-refractivity contribution is 1.54. The quantitative estimate of drug-likeness (QED) is 0.501. The van der Waals surface area contributed by atoms with Crippen LogP contribution in [0.1, 0.15) is 12.5 Å². The van der Waals surface area contributed by atoms with Gasteiger partial charge in [-0.1, -0.05) is 51.6 Å². The number of hydrogen-bond acceptors (Lipinski definition) is 0. The third-order valence-corrected chi connectivity index (χ3v) is 4.94. The molecule has 1 aliphatic rings. The Labute approximate surface area is 102 Å². The maximum atomic E-state index is 6.22. The van der Waals surface area contributed by atoms with Crippen molar-refractivity contribution in [3.63, 3.8) is 0 Å². The Balaban J connectivity index is 2.53. The largest absolute Gasteiger partial charge is 0.0901 e. The minimum absolute atomic E-state index is 0.472. The molecule has 1 atom stereocenters. The van der Waals surface area contributed by atoms with Crippen molar-refractivity contribution in [1.82, 2.24) is 0 Å². The summed E-state index contributed by atoms with van der Waals surface area (Å²) in [6.07, 6.45) is 2.07. The van der Waals surface area contributed by atoms with Gasteiger partial charge in [0.15, 0.2) is 0 Å². The van der Waals surface area contributed by atoms with Crippen LogP contribution in [-0.2, 0) is 0 Å². The van der Waals surface area contributed by atoms with E-state index < -0.39 is 9.70 Å². The number of rotatable bonds is 1. The third-order valence-electron chi connectivity index (χ3n) is 2.13. The van der Waals surface area contributed by atoms with E-state index in [-0.39, 0.29) is 0 Å². The van der Waals surface area contributed by atoms with Gasteiger partial charge in [0.05, 0.1) is 4.32 Å². The first-order chi connectivity index (χ1) is 7.18. The van der Waals surface area contributed by atoms with Crippen molar-refractivity contribution < 1.29 is 0 Å². The Kier molecular flexibility index (Phi) is 3.35. The predicted molar refractivity (Wildman–Crippen MR) is 72.5 cm³/mol. The standard InChI is InChI=1S/C12H10Cl2S/c1-9-7-11(12(13)15(14)8-9)10-5-3-2-4-6-10/h2-8H,1H3. The smallest absolute Gasteiger partial charge is 0.0754 e. The molecule has 1 aliphatic heterocycles. The van der Waals surface area contributed by atoms with Gasteiger partial charge < -0.3 is 0 Å². The van der Waals surface area contributed by atoms with E-state index in [0.717, 1.165) is 21.0 Å². The molecule has 2 rings (SSSR count). The van der Waals surface area contributed by atoms with Gasteiger partial charge in [-0.3, -0.25) is 0 Å². The molecular weight excluding hydrogens is 247 g/mol. The van der Waals surface area contributed by atoms with E-state index in [9.17, 15) is 0 Å². The van der Waals surface area contributed by atoms with E-state index in [1.807, 2.05) is 42.7 Å². The molecule has 78 valence electrons. The van der Waals surface area contributed by atoms with Crippen molar-refractivity contribution in [3.05, 3.63) is 53.0 Å². The fraction of sp³-hybridized carbons (Fsp3) is 0.0833. The van der Waals surface area contributed by atoms with Crippen LogP contribution in [-0.4, -0.2) is 4.32 Å². The molecule has 0 amide bonds. The average molecular weight is 257 g/mol. The molecule has 0 fully saturated rings. The highest BCUT2D eigenvalue weighted by atomic mass is 35.7. The highest BCUT2D eigenvalue weighted by Crippen LogP contribution is 2.37. The molecule has 0 spiro atoms. The molecule has 3 heteroatoms. The Morgan fingerprint density at radius 2 is 1.80 bits per heavy atom. The van der Waals surface area contributed by atoms with Crippen molar-refractivity contribution in [2.45, 2.75) is 6.92 Å². The van der Waals surface area contributed by atoms with Crippen molar-refractivity contribution in [1.29, 1.82) is 0 Å². The van der Waals surface area contributed by atoms with E-state index in [1.165, 1.54) is 0 Å². The molecule has 0 nitrogen and oxygen atoms in total. The minimum Gasteiger partial charge on any atom is -0.0754 e. The number of halogens is 2. The van der Waals surface area contributed by atoms with Gasteiger partial charge in [0, 0.05) is 5.57 Å². The summed E-state index contributed by atoms with van der Waals surface area (Å²) in [7, 11) is 5.68. The highest BCUT2D eigenvalue weighted by molar-refractivity contribution is 8.38. The van der Waals surface area contributed by atoms with E-state index in [2.05, 4.69) is 6.08 Å². The summed E-state index contributed by atoms with van der Waals surface area (Å²) in [5.74, 6) is 0. The first kappa shape index (κ1) is 11.0. The summed E-state index contributed by atoms with van der Waals surface area (Å²) in [4.78, 5) is 0. The van der Waals surface area contributed by atoms with E-state index in [0.29, 0.717) is 0 Å². The molecule has 1 heterocycles. The Bertz CT molecular complexity index is 470. The predicted octanol–water partition coefficient (Wildman–Crippen LogP) is 4.78. The molecule has 0 aromatic heterocycles. The van der Waals surface area contributed by atoms with Gasteiger partial charge >= 0.3 is 0 Å². The average Bonchev–Trinajstić information content (AvgIpc) is 2.24. The molecule has 0 N–H and O–H groups in total. The normalized spacial score (nSPS) is 21.0. The fourth-order valence-electron chi connectivity index (χ4n) is 1.45. The fourth-order valence-corrected chi connectivity index (χ4v) is 3.31. The van der Waals surface area contributed by atoms with Gasteiger partial charge in [-0.25, -0.2) is 0 Å². The van der Waals surface area contributed by atoms with Gasteiger partial charge in [0.2, 0.25) is 0 Å². The molecule has 1 unspecified atom stereocenters. The van der Waals surface area contributed by atoms with Crippen LogP contribution in [0.2, 0.25) is 0 Å².